The molecule has 0 saturated heterocycles. The molecule has 4 rings (SSSR count). The lowest BCUT2D eigenvalue weighted by Gasteiger charge is -2.04. The highest BCUT2D eigenvalue weighted by Gasteiger charge is 2.14. The van der Waals surface area contributed by atoms with Gasteiger partial charge >= 0.3 is 0 Å². The molecule has 2 N–H and O–H groups in total. The molecule has 1 amide bonds. The number of hydrogen-bond donors (Lipinski definition) is 2. The summed E-state index contributed by atoms with van der Waals surface area (Å²) in [5.41, 5.74) is 4.13. The van der Waals surface area contributed by atoms with Gasteiger partial charge in [0.2, 0.25) is 5.91 Å². The Labute approximate surface area is 160 Å². The predicted molar refractivity (Wildman–Crippen MR) is 105 cm³/mol. The third-order valence-corrected chi connectivity index (χ3v) is 4.98. The van der Waals surface area contributed by atoms with Gasteiger partial charge in [0, 0.05) is 23.6 Å². The lowest BCUT2D eigenvalue weighted by Crippen LogP contribution is -2.24. The molecule has 0 bridgehead atoms. The lowest BCUT2D eigenvalue weighted by atomic mass is 10.1. The maximum atomic E-state index is 12.0. The maximum absolute atomic E-state index is 12.0. The van der Waals surface area contributed by atoms with Crippen LogP contribution in [-0.2, 0) is 11.3 Å². The molecule has 0 unspecified atom stereocenters. The van der Waals surface area contributed by atoms with E-state index in [9.17, 15) is 4.79 Å². The summed E-state index contributed by atoms with van der Waals surface area (Å²) in [6, 6.07) is 16.0. The number of para-hydroxylation sites is 1. The number of nitrogens with zero attached hydrogens (tertiary/aromatic N) is 2. The van der Waals surface area contributed by atoms with Gasteiger partial charge in [-0.2, -0.15) is 0 Å². The van der Waals surface area contributed by atoms with E-state index in [-0.39, 0.29) is 11.7 Å². The number of carbonyl (C=O) groups is 1. The third kappa shape index (κ3) is 4.03. The topological polar surface area (TPSA) is 83.8 Å². The van der Waals surface area contributed by atoms with E-state index in [0.717, 1.165) is 22.0 Å². The fourth-order valence-corrected chi connectivity index (χ4v) is 3.30. The van der Waals surface area contributed by atoms with Crippen LogP contribution in [0, 0.1) is 6.92 Å². The fraction of sp³-hybridized carbons (Fsp3) is 0.150. The highest BCUT2D eigenvalue weighted by molar-refractivity contribution is 7.99. The van der Waals surface area contributed by atoms with Gasteiger partial charge in [0.25, 0.3) is 11.1 Å². The molecular formula is C20H18N4O2S. The Balaban J connectivity index is 1.34. The van der Waals surface area contributed by atoms with Gasteiger partial charge in [-0.25, -0.2) is 0 Å². The van der Waals surface area contributed by atoms with E-state index in [1.165, 1.54) is 17.3 Å². The van der Waals surface area contributed by atoms with Crippen molar-refractivity contribution in [3.05, 3.63) is 65.9 Å². The van der Waals surface area contributed by atoms with Gasteiger partial charge in [0.15, 0.2) is 0 Å². The molecule has 6 nitrogen and oxygen atoms in total. The van der Waals surface area contributed by atoms with Crippen LogP contribution in [0.15, 0.2) is 64.4 Å². The fourth-order valence-electron chi connectivity index (χ4n) is 2.71. The third-order valence-electron chi connectivity index (χ3n) is 4.16. The number of benzene rings is 2. The van der Waals surface area contributed by atoms with Crippen LogP contribution >= 0.6 is 11.8 Å². The second-order valence-corrected chi connectivity index (χ2v) is 7.10. The van der Waals surface area contributed by atoms with Gasteiger partial charge in [-0.05, 0) is 18.6 Å². The Hall–Kier alpha value is -3.06. The zero-order valence-corrected chi connectivity index (χ0v) is 15.5. The molecule has 0 radical (unpaired) electrons. The molecule has 2 aromatic heterocycles. The lowest BCUT2D eigenvalue weighted by molar-refractivity contribution is -0.118. The highest BCUT2D eigenvalue weighted by atomic mass is 32.2. The van der Waals surface area contributed by atoms with Crippen molar-refractivity contribution in [2.75, 3.05) is 5.75 Å². The predicted octanol–water partition coefficient (Wildman–Crippen LogP) is 3.93. The maximum Gasteiger partial charge on any atom is 0.277 e. The van der Waals surface area contributed by atoms with Gasteiger partial charge in [-0.3, -0.25) is 4.79 Å². The molecule has 2 aromatic carbocycles. The van der Waals surface area contributed by atoms with Crippen molar-refractivity contribution in [2.24, 2.45) is 0 Å². The van der Waals surface area contributed by atoms with Crippen LogP contribution in [0.1, 0.15) is 11.1 Å². The molecule has 27 heavy (non-hydrogen) atoms. The zero-order valence-electron chi connectivity index (χ0n) is 14.7. The van der Waals surface area contributed by atoms with E-state index in [0.29, 0.717) is 17.7 Å². The Kier molecular flexibility index (Phi) is 4.93. The number of H-pyrrole nitrogens is 1. The molecule has 136 valence electrons. The van der Waals surface area contributed by atoms with E-state index in [1.54, 1.807) is 0 Å². The summed E-state index contributed by atoms with van der Waals surface area (Å²) in [6.07, 6.45) is 1.85. The molecule has 0 aliphatic heterocycles. The Morgan fingerprint density at radius 1 is 1.15 bits per heavy atom. The number of carbonyl (C=O) groups excluding carboxylic acids is 1. The van der Waals surface area contributed by atoms with Crippen molar-refractivity contribution in [1.82, 2.24) is 20.5 Å². The minimum atomic E-state index is -0.0765. The van der Waals surface area contributed by atoms with Crippen molar-refractivity contribution in [3.63, 3.8) is 0 Å². The molecule has 0 aliphatic carbocycles. The average molecular weight is 378 g/mol. The summed E-state index contributed by atoms with van der Waals surface area (Å²) < 4.78 is 5.70. The molecule has 7 heteroatoms. The summed E-state index contributed by atoms with van der Waals surface area (Å²) in [5, 5.41) is 12.4. The minimum Gasteiger partial charge on any atom is -0.411 e. The molecular weight excluding hydrogens is 360 g/mol. The summed E-state index contributed by atoms with van der Waals surface area (Å²) in [5.74, 6) is 0.587. The SMILES string of the molecule is Cc1ccc(CNC(=O)CSc2nnc(-c3c[nH]c4ccccc34)o2)cc1. The van der Waals surface area contributed by atoms with E-state index in [2.05, 4.69) is 20.5 Å². The summed E-state index contributed by atoms with van der Waals surface area (Å²) in [6.45, 7) is 2.54. The smallest absolute Gasteiger partial charge is 0.277 e. The largest absolute Gasteiger partial charge is 0.411 e. The molecule has 0 spiro atoms. The number of nitrogens with one attached hydrogen (secondary N) is 2. The number of amides is 1. The number of thioether (sulfide) groups is 1. The first-order valence-corrected chi connectivity index (χ1v) is 9.52. The monoisotopic (exact) mass is 378 g/mol. The van der Waals surface area contributed by atoms with Gasteiger partial charge in [-0.15, -0.1) is 10.2 Å². The van der Waals surface area contributed by atoms with Gasteiger partial charge < -0.3 is 14.7 Å². The van der Waals surface area contributed by atoms with Crippen LogP contribution in [0.5, 0.6) is 0 Å². The van der Waals surface area contributed by atoms with Crippen molar-refractivity contribution in [2.45, 2.75) is 18.7 Å². The molecule has 4 aromatic rings. The van der Waals surface area contributed by atoms with Gasteiger partial charge in [0.1, 0.15) is 0 Å². The molecule has 0 atom stereocenters. The highest BCUT2D eigenvalue weighted by Crippen LogP contribution is 2.29. The van der Waals surface area contributed by atoms with Crippen LogP contribution < -0.4 is 5.32 Å². The first kappa shape index (κ1) is 17.4. The van der Waals surface area contributed by atoms with E-state index in [1.807, 2.05) is 61.7 Å². The summed E-state index contributed by atoms with van der Waals surface area (Å²) >= 11 is 1.23. The number of fused-ring (bicyclic) bond motifs is 1. The van der Waals surface area contributed by atoms with Gasteiger partial charge in [0.05, 0.1) is 11.3 Å². The van der Waals surface area contributed by atoms with Crippen LogP contribution in [0.4, 0.5) is 0 Å². The van der Waals surface area contributed by atoms with Crippen molar-refractivity contribution in [1.29, 1.82) is 0 Å². The standard InChI is InChI=1S/C20H18N4O2S/c1-13-6-8-14(9-7-13)10-22-18(25)12-27-20-24-23-19(26-20)16-11-21-17-5-3-2-4-15(16)17/h2-9,11,21H,10,12H2,1H3,(H,22,25). The second-order valence-electron chi connectivity index (χ2n) is 6.17. The van der Waals surface area contributed by atoms with Crippen molar-refractivity contribution >= 4 is 28.6 Å². The normalized spacial score (nSPS) is 11.0. The Bertz CT molecular complexity index is 1070. The first-order valence-electron chi connectivity index (χ1n) is 8.54. The second kappa shape index (κ2) is 7.67. The number of aromatic nitrogens is 3. The summed E-state index contributed by atoms with van der Waals surface area (Å²) in [7, 11) is 0. The number of hydrogen-bond acceptors (Lipinski definition) is 5. The number of rotatable bonds is 6. The van der Waals surface area contributed by atoms with Gasteiger partial charge in [-0.1, -0.05) is 59.8 Å². The van der Waals surface area contributed by atoms with E-state index >= 15 is 0 Å². The average Bonchev–Trinajstić information content (AvgIpc) is 3.32. The Morgan fingerprint density at radius 3 is 2.81 bits per heavy atom. The zero-order chi connectivity index (χ0) is 18.6. The Morgan fingerprint density at radius 2 is 1.96 bits per heavy atom. The number of aryl methyl sites for hydroxylation is 1. The molecule has 2 heterocycles. The van der Waals surface area contributed by atoms with E-state index in [4.69, 9.17) is 4.42 Å². The van der Waals surface area contributed by atoms with Crippen LogP contribution in [0.3, 0.4) is 0 Å². The molecule has 0 fully saturated rings. The summed E-state index contributed by atoms with van der Waals surface area (Å²) in [4.78, 5) is 15.2. The van der Waals surface area contributed by atoms with Crippen molar-refractivity contribution in [3.8, 4) is 11.5 Å². The first-order chi connectivity index (χ1) is 13.2. The van der Waals surface area contributed by atoms with E-state index < -0.39 is 0 Å². The van der Waals surface area contributed by atoms with Crippen molar-refractivity contribution < 1.29 is 9.21 Å². The van der Waals surface area contributed by atoms with Crippen LogP contribution in [0.2, 0.25) is 0 Å². The van der Waals surface area contributed by atoms with Crippen LogP contribution in [0.25, 0.3) is 22.4 Å². The molecule has 0 saturated carbocycles. The number of aromatic amines is 1. The quantitative estimate of drug-likeness (QED) is 0.497. The van der Waals surface area contributed by atoms with Crippen LogP contribution in [-0.4, -0.2) is 26.8 Å². The minimum absolute atomic E-state index is 0.0765. The molecule has 0 aliphatic rings.